The SMILES string of the molecule is C1=CCC=C1.CCNCC.O=[C]=[Mn](=[C]=O)=[C]=O. The van der Waals surface area contributed by atoms with Crippen molar-refractivity contribution in [1.82, 2.24) is 5.32 Å². The van der Waals surface area contributed by atoms with Crippen molar-refractivity contribution in [1.29, 1.82) is 0 Å². The van der Waals surface area contributed by atoms with Crippen LogP contribution in [0.25, 0.3) is 0 Å². The first-order valence-corrected chi connectivity index (χ1v) is 6.89. The molecule has 95 valence electrons. The molecule has 0 aromatic rings. The fraction of sp³-hybridized carbons (Fsp3) is 0.417. The molecule has 17 heavy (non-hydrogen) atoms. The van der Waals surface area contributed by atoms with E-state index in [9.17, 15) is 14.4 Å². The number of carbonyl (C=O) groups excluding carboxylic acids is 3. The number of rotatable bonds is 2. The molecule has 1 N–H and O–H groups in total. The van der Waals surface area contributed by atoms with E-state index in [-0.39, 0.29) is 0 Å². The Kier molecular flexibility index (Phi) is 18.2. The van der Waals surface area contributed by atoms with E-state index in [1.807, 2.05) is 0 Å². The van der Waals surface area contributed by atoms with Crippen molar-refractivity contribution >= 4 is 14.4 Å². The van der Waals surface area contributed by atoms with Crippen LogP contribution in [0.2, 0.25) is 0 Å². The van der Waals surface area contributed by atoms with Crippen molar-refractivity contribution in [2.45, 2.75) is 20.3 Å². The Labute approximate surface area is 105 Å². The van der Waals surface area contributed by atoms with Crippen LogP contribution in [0.5, 0.6) is 0 Å². The molecule has 4 nitrogen and oxygen atoms in total. The molecule has 0 aromatic heterocycles. The van der Waals surface area contributed by atoms with Crippen molar-refractivity contribution < 1.29 is 27.0 Å². The maximum absolute atomic E-state index is 9.36. The van der Waals surface area contributed by atoms with E-state index in [1.54, 1.807) is 0 Å². The van der Waals surface area contributed by atoms with Crippen LogP contribution in [0.15, 0.2) is 24.3 Å². The second-order valence-electron chi connectivity index (χ2n) is 2.56. The van der Waals surface area contributed by atoms with Crippen LogP contribution >= 0.6 is 0 Å². The van der Waals surface area contributed by atoms with Crippen LogP contribution in [0, 0.1) is 0 Å². The Morgan fingerprint density at radius 1 is 1.00 bits per heavy atom. The van der Waals surface area contributed by atoms with Gasteiger partial charge in [-0.15, -0.1) is 0 Å². The molecule has 1 aliphatic rings. The first-order valence-electron chi connectivity index (χ1n) is 5.12. The van der Waals surface area contributed by atoms with Crippen LogP contribution in [0.3, 0.4) is 0 Å². The summed E-state index contributed by atoms with van der Waals surface area (Å²) in [5.41, 5.74) is 0. The van der Waals surface area contributed by atoms with Crippen LogP contribution in [0.4, 0.5) is 0 Å². The van der Waals surface area contributed by atoms with Crippen LogP contribution in [-0.2, 0) is 27.0 Å². The molecule has 0 unspecified atom stereocenters. The average molecular weight is 278 g/mol. The Bertz CT molecular complexity index is 387. The van der Waals surface area contributed by atoms with Gasteiger partial charge in [0.05, 0.1) is 0 Å². The van der Waals surface area contributed by atoms with Crippen molar-refractivity contribution in [3.8, 4) is 0 Å². The third-order valence-electron chi connectivity index (χ3n) is 1.39. The predicted octanol–water partition coefficient (Wildman–Crippen LogP) is 0.924. The van der Waals surface area contributed by atoms with Gasteiger partial charge in [-0.25, -0.2) is 0 Å². The third kappa shape index (κ3) is 17.3. The quantitative estimate of drug-likeness (QED) is 0.763. The molecule has 5 heteroatoms. The fourth-order valence-electron chi connectivity index (χ4n) is 0.690. The third-order valence-corrected chi connectivity index (χ3v) is 2.11. The van der Waals surface area contributed by atoms with Crippen molar-refractivity contribution in [2.24, 2.45) is 0 Å². The van der Waals surface area contributed by atoms with Gasteiger partial charge in [0.25, 0.3) is 0 Å². The summed E-state index contributed by atoms with van der Waals surface area (Å²) in [6, 6.07) is 0. The minimum atomic E-state index is -2.30. The Balaban J connectivity index is 0. The molecule has 0 saturated heterocycles. The average Bonchev–Trinajstić information content (AvgIpc) is 2.92. The Hall–Kier alpha value is -1.30. The molecule has 1 rings (SSSR count). The Morgan fingerprint density at radius 2 is 1.41 bits per heavy atom. The fourth-order valence-corrected chi connectivity index (χ4v) is 0.838. The summed E-state index contributed by atoms with van der Waals surface area (Å²) in [6.07, 6.45) is 9.50. The summed E-state index contributed by atoms with van der Waals surface area (Å²) in [5.74, 6) is 0. The number of hydrogen-bond donors (Lipinski definition) is 1. The van der Waals surface area contributed by atoms with E-state index in [1.165, 1.54) is 14.4 Å². The van der Waals surface area contributed by atoms with Gasteiger partial charge in [0, 0.05) is 0 Å². The molecule has 0 fully saturated rings. The van der Waals surface area contributed by atoms with E-state index in [4.69, 9.17) is 0 Å². The summed E-state index contributed by atoms with van der Waals surface area (Å²) in [5, 5.41) is 3.11. The van der Waals surface area contributed by atoms with Crippen LogP contribution in [0.1, 0.15) is 20.3 Å². The molecular formula is C12H17MnNO3. The van der Waals surface area contributed by atoms with Gasteiger partial charge in [0.2, 0.25) is 0 Å². The molecule has 0 radical (unpaired) electrons. The first-order chi connectivity index (χ1) is 8.26. The van der Waals surface area contributed by atoms with Crippen LogP contribution in [-0.4, -0.2) is 27.4 Å². The molecule has 0 amide bonds. The second-order valence-corrected chi connectivity index (χ2v) is 4.17. The molecule has 0 saturated carbocycles. The van der Waals surface area contributed by atoms with E-state index in [0.29, 0.717) is 0 Å². The van der Waals surface area contributed by atoms with E-state index < -0.39 is 12.6 Å². The maximum atomic E-state index is 9.36. The summed E-state index contributed by atoms with van der Waals surface area (Å²) >= 11 is -2.30. The molecule has 0 aromatic carbocycles. The zero-order valence-corrected chi connectivity index (χ0v) is 11.2. The summed E-state index contributed by atoms with van der Waals surface area (Å²) < 4.78 is 0. The molecule has 1 aliphatic carbocycles. The molecule has 0 atom stereocenters. The number of nitrogens with one attached hydrogen (secondary N) is 1. The summed E-state index contributed by atoms with van der Waals surface area (Å²) in [4.78, 5) is 31.7. The van der Waals surface area contributed by atoms with Gasteiger partial charge in [0.15, 0.2) is 0 Å². The standard InChI is InChI=1S/C5H6.C4H11N.3CO.Mn/c1-2-4-5-3-1;1-3-5-4-2;3*1-2;/h1-4H,5H2;5H,3-4H2,1-2H3;;;;. The Morgan fingerprint density at radius 3 is 1.47 bits per heavy atom. The van der Waals surface area contributed by atoms with E-state index >= 15 is 0 Å². The van der Waals surface area contributed by atoms with Gasteiger partial charge < -0.3 is 5.32 Å². The zero-order chi connectivity index (χ0) is 13.4. The normalized spacial score (nSPS) is 9.76. The zero-order valence-electron chi connectivity index (χ0n) is 10.0. The molecule has 0 spiro atoms. The second kappa shape index (κ2) is 17.1. The molecular weight excluding hydrogens is 261 g/mol. The summed E-state index contributed by atoms with van der Waals surface area (Å²) in [7, 11) is 0. The molecule has 0 bridgehead atoms. The predicted molar refractivity (Wildman–Crippen MR) is 64.2 cm³/mol. The van der Waals surface area contributed by atoms with E-state index in [2.05, 4.69) is 43.5 Å². The number of allylic oxidation sites excluding steroid dienone is 4. The van der Waals surface area contributed by atoms with Gasteiger partial charge in [-0.3, -0.25) is 0 Å². The van der Waals surface area contributed by atoms with Gasteiger partial charge in [-0.1, -0.05) is 38.2 Å². The van der Waals surface area contributed by atoms with E-state index in [0.717, 1.165) is 19.5 Å². The first kappa shape index (κ1) is 18.1. The topological polar surface area (TPSA) is 63.2 Å². The van der Waals surface area contributed by atoms with Crippen LogP contribution < -0.4 is 5.32 Å². The molecule has 0 aliphatic heterocycles. The minimum absolute atomic E-state index is 1.09. The van der Waals surface area contributed by atoms with Gasteiger partial charge in [0.1, 0.15) is 0 Å². The monoisotopic (exact) mass is 278 g/mol. The molecule has 0 heterocycles. The van der Waals surface area contributed by atoms with Crippen molar-refractivity contribution in [3.05, 3.63) is 24.3 Å². The summed E-state index contributed by atoms with van der Waals surface area (Å²) in [6.45, 7) is 6.39. The number of hydrogen-bond acceptors (Lipinski definition) is 4. The van der Waals surface area contributed by atoms with Gasteiger partial charge in [-0.05, 0) is 19.5 Å². The van der Waals surface area contributed by atoms with Crippen molar-refractivity contribution in [3.63, 3.8) is 0 Å². The van der Waals surface area contributed by atoms with Crippen molar-refractivity contribution in [2.75, 3.05) is 13.1 Å². The van der Waals surface area contributed by atoms with Gasteiger partial charge >= 0.3 is 41.3 Å². The van der Waals surface area contributed by atoms with Gasteiger partial charge in [-0.2, -0.15) is 0 Å².